The lowest BCUT2D eigenvalue weighted by molar-refractivity contribution is 0.460. The highest BCUT2D eigenvalue weighted by atomic mass is 32.1. The predicted octanol–water partition coefficient (Wildman–Crippen LogP) is 4.56. The van der Waals surface area contributed by atoms with Gasteiger partial charge in [0.1, 0.15) is 0 Å². The van der Waals surface area contributed by atoms with Crippen molar-refractivity contribution >= 4 is 12.6 Å². The SMILES string of the molecule is CC(C)(C)[C]1C=C=CC(C(C)(C)C)=C1S. The van der Waals surface area contributed by atoms with Gasteiger partial charge in [0.15, 0.2) is 0 Å². The Morgan fingerprint density at radius 2 is 1.47 bits per heavy atom. The van der Waals surface area contributed by atoms with Crippen molar-refractivity contribution in [3.8, 4) is 0 Å². The minimum Gasteiger partial charge on any atom is -0.147 e. The molecule has 0 heterocycles. The van der Waals surface area contributed by atoms with Crippen LogP contribution in [0.4, 0.5) is 0 Å². The van der Waals surface area contributed by atoms with E-state index in [1.807, 2.05) is 0 Å². The van der Waals surface area contributed by atoms with Crippen molar-refractivity contribution in [2.45, 2.75) is 41.5 Å². The Morgan fingerprint density at radius 1 is 0.933 bits per heavy atom. The maximum Gasteiger partial charge on any atom is 0.0463 e. The highest BCUT2D eigenvalue weighted by Crippen LogP contribution is 2.44. The standard InChI is InChI=1S/C14H21S/c1-13(2,3)10-8-7-9-11(12(10)15)14(4,5)6/h8-9,15H,1-6H3. The molecule has 0 fully saturated rings. The van der Waals surface area contributed by atoms with E-state index in [4.69, 9.17) is 0 Å². The van der Waals surface area contributed by atoms with Crippen molar-refractivity contribution in [2.24, 2.45) is 10.8 Å². The summed E-state index contributed by atoms with van der Waals surface area (Å²) in [6.45, 7) is 13.3. The maximum absolute atomic E-state index is 4.68. The van der Waals surface area contributed by atoms with Gasteiger partial charge in [-0.3, -0.25) is 0 Å². The van der Waals surface area contributed by atoms with Crippen LogP contribution in [-0.4, -0.2) is 0 Å². The topological polar surface area (TPSA) is 0 Å². The largest absolute Gasteiger partial charge is 0.147 e. The number of hydrogen-bond acceptors (Lipinski definition) is 1. The van der Waals surface area contributed by atoms with Crippen molar-refractivity contribution in [3.05, 3.63) is 34.3 Å². The first-order chi connectivity index (χ1) is 6.64. The van der Waals surface area contributed by atoms with E-state index < -0.39 is 0 Å². The number of thiol groups is 1. The molecule has 0 saturated heterocycles. The van der Waals surface area contributed by atoms with Crippen LogP contribution < -0.4 is 0 Å². The molecular formula is C14H21S. The highest BCUT2D eigenvalue weighted by Gasteiger charge is 2.31. The van der Waals surface area contributed by atoms with Gasteiger partial charge in [0.2, 0.25) is 0 Å². The Kier molecular flexibility index (Phi) is 3.28. The van der Waals surface area contributed by atoms with Gasteiger partial charge in [0.05, 0.1) is 0 Å². The van der Waals surface area contributed by atoms with Crippen LogP contribution in [0.2, 0.25) is 0 Å². The molecule has 1 aliphatic carbocycles. The summed E-state index contributed by atoms with van der Waals surface area (Å²) in [5, 5.41) is 0. The van der Waals surface area contributed by atoms with Crippen molar-refractivity contribution < 1.29 is 0 Å². The van der Waals surface area contributed by atoms with Gasteiger partial charge in [-0.2, -0.15) is 0 Å². The van der Waals surface area contributed by atoms with E-state index in [1.165, 1.54) is 11.5 Å². The summed E-state index contributed by atoms with van der Waals surface area (Å²) in [7, 11) is 0. The van der Waals surface area contributed by atoms with Gasteiger partial charge < -0.3 is 0 Å². The predicted molar refractivity (Wildman–Crippen MR) is 70.8 cm³/mol. The molecule has 1 rings (SSSR count). The summed E-state index contributed by atoms with van der Waals surface area (Å²) in [4.78, 5) is 1.12. The van der Waals surface area contributed by atoms with Crippen LogP contribution in [0.1, 0.15) is 41.5 Å². The molecule has 1 radical (unpaired) electrons. The molecule has 0 amide bonds. The highest BCUT2D eigenvalue weighted by molar-refractivity contribution is 7.84. The van der Waals surface area contributed by atoms with Crippen LogP contribution in [0.15, 0.2) is 28.4 Å². The lowest BCUT2D eigenvalue weighted by atomic mass is 9.74. The van der Waals surface area contributed by atoms with Crippen LogP contribution in [0, 0.1) is 16.7 Å². The third-order valence-electron chi connectivity index (χ3n) is 2.58. The van der Waals surface area contributed by atoms with E-state index in [0.29, 0.717) is 0 Å². The summed E-state index contributed by atoms with van der Waals surface area (Å²) in [5.41, 5.74) is 4.78. The molecule has 1 heteroatoms. The molecule has 0 spiro atoms. The summed E-state index contributed by atoms with van der Waals surface area (Å²) in [6, 6.07) is 0. The number of hydrogen-bond donors (Lipinski definition) is 1. The molecule has 0 aliphatic heterocycles. The van der Waals surface area contributed by atoms with Crippen molar-refractivity contribution in [1.82, 2.24) is 0 Å². The van der Waals surface area contributed by atoms with Crippen LogP contribution in [0.25, 0.3) is 0 Å². The molecular weight excluding hydrogens is 200 g/mol. The fourth-order valence-electron chi connectivity index (χ4n) is 1.63. The monoisotopic (exact) mass is 221 g/mol. The zero-order valence-corrected chi connectivity index (χ0v) is 11.5. The van der Waals surface area contributed by atoms with E-state index >= 15 is 0 Å². The van der Waals surface area contributed by atoms with Gasteiger partial charge >= 0.3 is 0 Å². The smallest absolute Gasteiger partial charge is 0.0463 e. The zero-order valence-electron chi connectivity index (χ0n) is 10.6. The van der Waals surface area contributed by atoms with Gasteiger partial charge in [-0.15, -0.1) is 18.4 Å². The minimum absolute atomic E-state index is 0.134. The van der Waals surface area contributed by atoms with Gasteiger partial charge in [-0.25, -0.2) is 0 Å². The zero-order chi connectivity index (χ0) is 11.9. The second-order valence-electron chi connectivity index (χ2n) is 6.13. The van der Waals surface area contributed by atoms with Crippen LogP contribution in [0.3, 0.4) is 0 Å². The summed E-state index contributed by atoms with van der Waals surface area (Å²) < 4.78 is 0. The van der Waals surface area contributed by atoms with E-state index in [-0.39, 0.29) is 10.8 Å². The number of rotatable bonds is 0. The maximum atomic E-state index is 4.68. The first kappa shape index (κ1) is 12.7. The molecule has 0 nitrogen and oxygen atoms in total. The Bertz CT molecular complexity index is 339. The second-order valence-corrected chi connectivity index (χ2v) is 6.58. The first-order valence-corrected chi connectivity index (χ1v) is 5.83. The summed E-state index contributed by atoms with van der Waals surface area (Å²) in [6.07, 6.45) is 4.11. The molecule has 1 aliphatic rings. The van der Waals surface area contributed by atoms with E-state index in [0.717, 1.165) is 4.91 Å². The van der Waals surface area contributed by atoms with Gasteiger partial charge in [-0.05, 0) is 33.5 Å². The van der Waals surface area contributed by atoms with Crippen molar-refractivity contribution in [1.29, 1.82) is 0 Å². The second kappa shape index (κ2) is 3.88. The lowest BCUT2D eigenvalue weighted by Crippen LogP contribution is -2.21. The van der Waals surface area contributed by atoms with E-state index in [9.17, 15) is 0 Å². The average molecular weight is 221 g/mol. The molecule has 83 valence electrons. The van der Waals surface area contributed by atoms with Crippen LogP contribution >= 0.6 is 12.6 Å². The molecule has 0 bridgehead atoms. The van der Waals surface area contributed by atoms with Crippen LogP contribution in [0.5, 0.6) is 0 Å². The molecule has 0 saturated carbocycles. The third-order valence-corrected chi connectivity index (χ3v) is 3.06. The average Bonchev–Trinajstić information content (AvgIpc) is 1.99. The fourth-order valence-corrected chi connectivity index (χ4v) is 2.43. The molecule has 0 N–H and O–H groups in total. The first-order valence-electron chi connectivity index (χ1n) is 5.38. The minimum atomic E-state index is 0.134. The summed E-state index contributed by atoms with van der Waals surface area (Å²) >= 11 is 4.68. The molecule has 0 unspecified atom stereocenters. The van der Waals surface area contributed by atoms with Crippen LogP contribution in [-0.2, 0) is 0 Å². The normalized spacial score (nSPS) is 18.9. The molecule has 0 aromatic carbocycles. The van der Waals surface area contributed by atoms with Gasteiger partial charge in [0, 0.05) is 5.92 Å². The van der Waals surface area contributed by atoms with E-state index in [2.05, 4.69) is 72.1 Å². The third kappa shape index (κ3) is 2.80. The quantitative estimate of drug-likeness (QED) is 0.450. The Labute approximate surface area is 99.6 Å². The molecule has 0 aromatic heterocycles. The van der Waals surface area contributed by atoms with Crippen molar-refractivity contribution in [3.63, 3.8) is 0 Å². The molecule has 0 atom stereocenters. The van der Waals surface area contributed by atoms with E-state index in [1.54, 1.807) is 0 Å². The molecule has 15 heavy (non-hydrogen) atoms. The summed E-state index contributed by atoms with van der Waals surface area (Å²) in [5.74, 6) is 1.28. The Balaban J connectivity index is 3.21. The van der Waals surface area contributed by atoms with Crippen molar-refractivity contribution in [2.75, 3.05) is 0 Å². The lowest BCUT2D eigenvalue weighted by Gasteiger charge is -2.33. The van der Waals surface area contributed by atoms with Gasteiger partial charge in [0.25, 0.3) is 0 Å². The molecule has 0 aromatic rings. The Morgan fingerprint density at radius 3 is 1.87 bits per heavy atom. The van der Waals surface area contributed by atoms with Gasteiger partial charge in [-0.1, -0.05) is 41.5 Å². The Hall–Kier alpha value is -0.390. The number of allylic oxidation sites excluding steroid dienone is 3. The fraction of sp³-hybridized carbons (Fsp3) is 0.571.